The molecule has 1 amide bonds. The number of nitrogens with one attached hydrogen (secondary N) is 1. The SMILES string of the molecule is O=B[C@H]1C[C@H]1c1ccc(OC2CN(C(=O)C[C@H]3CNCCO3)C2)c(C(=O)O)c1O. The molecule has 0 unspecified atom stereocenters. The molecule has 29 heavy (non-hydrogen) atoms. The molecule has 1 aromatic carbocycles. The Morgan fingerprint density at radius 1 is 1.34 bits per heavy atom. The maximum absolute atomic E-state index is 12.3. The molecule has 0 spiro atoms. The predicted octanol–water partition coefficient (Wildman–Crippen LogP) is 0.384. The van der Waals surface area contributed by atoms with Gasteiger partial charge in [-0.15, -0.1) is 0 Å². The molecule has 4 rings (SSSR count). The van der Waals surface area contributed by atoms with Gasteiger partial charge in [-0.2, -0.15) is 0 Å². The monoisotopic (exact) mass is 402 g/mol. The van der Waals surface area contributed by atoms with Gasteiger partial charge in [0.05, 0.1) is 12.7 Å². The number of benzene rings is 1. The first kappa shape index (κ1) is 19.8. The first-order valence-electron chi connectivity index (χ1n) is 9.79. The molecular weight excluding hydrogens is 379 g/mol. The fraction of sp³-hybridized carbons (Fsp3) is 0.579. The van der Waals surface area contributed by atoms with Crippen LogP contribution in [0.15, 0.2) is 12.1 Å². The number of ether oxygens (including phenoxy) is 2. The minimum atomic E-state index is -1.29. The maximum atomic E-state index is 12.3. The second-order valence-corrected chi connectivity index (χ2v) is 7.76. The number of hydrogen-bond acceptors (Lipinski definition) is 7. The van der Waals surface area contributed by atoms with Gasteiger partial charge in [-0.1, -0.05) is 0 Å². The predicted molar refractivity (Wildman–Crippen MR) is 101 cm³/mol. The van der Waals surface area contributed by atoms with Gasteiger partial charge in [-0.05, 0) is 0 Å². The molecule has 2 saturated heterocycles. The van der Waals surface area contributed by atoms with E-state index >= 15 is 0 Å². The third-order valence-corrected chi connectivity index (χ3v) is 5.70. The molecule has 154 valence electrons. The second kappa shape index (κ2) is 8.12. The Morgan fingerprint density at radius 3 is 2.76 bits per heavy atom. The fourth-order valence-electron chi connectivity index (χ4n) is 3.89. The molecule has 1 aromatic rings. The molecule has 2 heterocycles. The Kier molecular flexibility index (Phi) is 5.55. The van der Waals surface area contributed by atoms with E-state index in [0.29, 0.717) is 44.6 Å². The Hall–Kier alpha value is -2.46. The van der Waals surface area contributed by atoms with E-state index in [9.17, 15) is 24.5 Å². The summed E-state index contributed by atoms with van der Waals surface area (Å²) in [6.45, 7) is 2.75. The number of carbonyl (C=O) groups excluding carboxylic acids is 1. The number of carbonyl (C=O) groups is 2. The van der Waals surface area contributed by atoms with Crippen molar-refractivity contribution in [2.24, 2.45) is 0 Å². The number of phenols is 1. The van der Waals surface area contributed by atoms with Crippen molar-refractivity contribution in [2.75, 3.05) is 32.8 Å². The van der Waals surface area contributed by atoms with E-state index in [4.69, 9.17) is 9.47 Å². The Bertz CT molecular complexity index is 821. The van der Waals surface area contributed by atoms with Crippen LogP contribution in [0.1, 0.15) is 34.7 Å². The van der Waals surface area contributed by atoms with Gasteiger partial charge in [0.15, 0.2) is 0 Å². The van der Waals surface area contributed by atoms with Crippen LogP contribution in [0.4, 0.5) is 0 Å². The van der Waals surface area contributed by atoms with E-state index in [1.807, 2.05) is 0 Å². The first-order valence-corrected chi connectivity index (χ1v) is 9.79. The zero-order chi connectivity index (χ0) is 20.5. The van der Waals surface area contributed by atoms with Crippen LogP contribution in [0.5, 0.6) is 11.5 Å². The standard InChI is InChI=1S/C19H23BN2O7/c23-16(5-10-7-21-3-4-28-10)22-8-11(9-22)29-15-2-1-12(13-6-14(13)20-27)18(24)17(15)19(25)26/h1-2,10-11,13-14,21,24H,3-9H2,(H,25,26)/t10-,13-,14-/m0/s1. The summed E-state index contributed by atoms with van der Waals surface area (Å²) in [5.74, 6) is -1.92. The third-order valence-electron chi connectivity index (χ3n) is 5.70. The summed E-state index contributed by atoms with van der Waals surface area (Å²) in [6.07, 6.45) is 0.443. The van der Waals surface area contributed by atoms with E-state index in [1.165, 1.54) is 6.07 Å². The minimum absolute atomic E-state index is 0.0242. The molecule has 3 aliphatic rings. The summed E-state index contributed by atoms with van der Waals surface area (Å²) in [7, 11) is 0.823. The van der Waals surface area contributed by atoms with Gasteiger partial charge in [-0.3, -0.25) is 0 Å². The number of likely N-dealkylation sites (tertiary alicyclic amines) is 1. The topological polar surface area (TPSA) is 125 Å². The quantitative estimate of drug-likeness (QED) is 0.560. The molecular formula is C19H23BN2O7. The number of carboxylic acid groups (broad SMARTS) is 1. The van der Waals surface area contributed by atoms with Crippen LogP contribution in [0.3, 0.4) is 0 Å². The number of amides is 1. The average molecular weight is 402 g/mol. The van der Waals surface area contributed by atoms with E-state index < -0.39 is 5.97 Å². The van der Waals surface area contributed by atoms with Crippen molar-refractivity contribution in [1.29, 1.82) is 0 Å². The number of nitrogens with zero attached hydrogens (tertiary/aromatic N) is 1. The summed E-state index contributed by atoms with van der Waals surface area (Å²) in [4.78, 5) is 25.6. The fourth-order valence-corrected chi connectivity index (χ4v) is 3.89. The summed E-state index contributed by atoms with van der Waals surface area (Å²) < 4.78 is 22.2. The molecule has 3 N–H and O–H groups in total. The van der Waals surface area contributed by atoms with Gasteiger partial charge in [0.1, 0.15) is 0 Å². The summed E-state index contributed by atoms with van der Waals surface area (Å²) in [5.41, 5.74) is 0.156. The molecule has 1 aliphatic carbocycles. The van der Waals surface area contributed by atoms with Gasteiger partial charge in [-0.25, -0.2) is 0 Å². The van der Waals surface area contributed by atoms with Crippen molar-refractivity contribution < 1.29 is 34.0 Å². The van der Waals surface area contributed by atoms with Crippen molar-refractivity contribution in [3.05, 3.63) is 23.3 Å². The van der Waals surface area contributed by atoms with Crippen LogP contribution >= 0.6 is 0 Å². The summed E-state index contributed by atoms with van der Waals surface area (Å²) in [5, 5.41) is 23.1. The van der Waals surface area contributed by atoms with Gasteiger partial charge < -0.3 is 10.1 Å². The molecule has 0 bridgehead atoms. The summed E-state index contributed by atoms with van der Waals surface area (Å²) >= 11 is 0. The normalized spacial score (nSPS) is 26.3. The van der Waals surface area contributed by atoms with Crippen LogP contribution in [0.25, 0.3) is 0 Å². The van der Waals surface area contributed by atoms with Crippen LogP contribution in [-0.2, 0) is 14.2 Å². The van der Waals surface area contributed by atoms with E-state index in [-0.39, 0.29) is 46.9 Å². The summed E-state index contributed by atoms with van der Waals surface area (Å²) in [6, 6.07) is 3.13. The van der Waals surface area contributed by atoms with Crippen molar-refractivity contribution in [3.63, 3.8) is 0 Å². The number of hydrogen-bond donors (Lipinski definition) is 3. The van der Waals surface area contributed by atoms with Crippen LogP contribution in [0, 0.1) is 0 Å². The second-order valence-electron chi connectivity index (χ2n) is 7.76. The molecule has 0 aromatic heterocycles. The molecule has 3 atom stereocenters. The van der Waals surface area contributed by atoms with Gasteiger partial charge in [0.2, 0.25) is 0 Å². The van der Waals surface area contributed by atoms with E-state index in [0.717, 1.165) is 13.7 Å². The van der Waals surface area contributed by atoms with Crippen LogP contribution in [0.2, 0.25) is 5.82 Å². The number of morpholine rings is 1. The Labute approximate surface area is 168 Å². The zero-order valence-electron chi connectivity index (χ0n) is 15.9. The number of aromatic hydroxyl groups is 1. The molecule has 1 saturated carbocycles. The zero-order valence-corrected chi connectivity index (χ0v) is 15.9. The van der Waals surface area contributed by atoms with Gasteiger partial charge in [0, 0.05) is 13.1 Å². The third kappa shape index (κ3) is 4.13. The van der Waals surface area contributed by atoms with Crippen LogP contribution < -0.4 is 10.1 Å². The average Bonchev–Trinajstić information content (AvgIpc) is 3.44. The molecule has 3 fully saturated rings. The Balaban J connectivity index is 1.36. The number of aromatic carboxylic acids is 1. The van der Waals surface area contributed by atoms with Crippen molar-refractivity contribution in [3.8, 4) is 11.5 Å². The number of rotatable bonds is 7. The number of carboxylic acids is 1. The molecule has 2 aliphatic heterocycles. The molecule has 9 nitrogen and oxygen atoms in total. The van der Waals surface area contributed by atoms with E-state index in [1.54, 1.807) is 11.0 Å². The molecule has 10 heteroatoms. The van der Waals surface area contributed by atoms with E-state index in [2.05, 4.69) is 5.32 Å². The van der Waals surface area contributed by atoms with Crippen molar-refractivity contribution in [1.82, 2.24) is 10.2 Å². The van der Waals surface area contributed by atoms with Crippen molar-refractivity contribution >= 4 is 19.0 Å². The molecule has 0 radical (unpaired) electrons. The Morgan fingerprint density at radius 2 is 2.14 bits per heavy atom. The van der Waals surface area contributed by atoms with Crippen LogP contribution in [-0.4, -0.2) is 79.1 Å². The van der Waals surface area contributed by atoms with Gasteiger partial charge >= 0.3 is 132 Å². The van der Waals surface area contributed by atoms with Gasteiger partial charge in [0.25, 0.3) is 0 Å². The van der Waals surface area contributed by atoms with Crippen molar-refractivity contribution in [2.45, 2.75) is 36.8 Å². The first-order chi connectivity index (χ1) is 14.0.